The molecule has 0 spiro atoms. The normalized spacial score (nSPS) is 40.4. The van der Waals surface area contributed by atoms with Gasteiger partial charge in [0.1, 0.15) is 0 Å². The lowest BCUT2D eigenvalue weighted by molar-refractivity contribution is 0.0326. The number of rotatable bonds is 2. The molecule has 0 heterocycles. The molecule has 2 nitrogen and oxygen atoms in total. The zero-order valence-electron chi connectivity index (χ0n) is 10.6. The van der Waals surface area contributed by atoms with E-state index in [4.69, 9.17) is 4.43 Å². The second kappa shape index (κ2) is 3.31. The lowest BCUT2D eigenvalue weighted by atomic mass is 10.2. The van der Waals surface area contributed by atoms with Crippen LogP contribution in [0.25, 0.3) is 0 Å². The molecule has 2 rings (SSSR count). The SMILES string of the molecule is CC(C)(C)[Si](C)(C)O[C@@H]1C[C@H]2CC2[C@@H]1O. The predicted octanol–water partition coefficient (Wildman–Crippen LogP) is 2.78. The minimum absolute atomic E-state index is 0.134. The van der Waals surface area contributed by atoms with Crippen LogP contribution in [0.4, 0.5) is 0 Å². The lowest BCUT2D eigenvalue weighted by Crippen LogP contribution is -2.46. The minimum Gasteiger partial charge on any atom is -0.411 e. The largest absolute Gasteiger partial charge is 0.411 e. The number of aliphatic hydroxyl groups excluding tert-OH is 1. The fourth-order valence-electron chi connectivity index (χ4n) is 2.35. The highest BCUT2D eigenvalue weighted by molar-refractivity contribution is 6.74. The van der Waals surface area contributed by atoms with Crippen molar-refractivity contribution in [1.29, 1.82) is 0 Å². The lowest BCUT2D eigenvalue weighted by Gasteiger charge is -2.39. The van der Waals surface area contributed by atoms with Gasteiger partial charge in [0.05, 0.1) is 12.2 Å². The molecule has 0 aromatic carbocycles. The Morgan fingerprint density at radius 2 is 1.80 bits per heavy atom. The van der Waals surface area contributed by atoms with Crippen molar-refractivity contribution in [3.63, 3.8) is 0 Å². The van der Waals surface area contributed by atoms with Crippen LogP contribution in [0.3, 0.4) is 0 Å². The smallest absolute Gasteiger partial charge is 0.192 e. The van der Waals surface area contributed by atoms with Gasteiger partial charge in [-0.05, 0) is 42.8 Å². The van der Waals surface area contributed by atoms with E-state index in [-0.39, 0.29) is 17.2 Å². The zero-order chi connectivity index (χ0) is 11.4. The third-order valence-corrected chi connectivity index (χ3v) is 9.09. The van der Waals surface area contributed by atoms with Gasteiger partial charge in [-0.25, -0.2) is 0 Å². The van der Waals surface area contributed by atoms with Gasteiger partial charge in [-0.1, -0.05) is 20.8 Å². The second-order valence-electron chi connectivity index (χ2n) is 6.80. The van der Waals surface area contributed by atoms with E-state index < -0.39 is 8.32 Å². The molecule has 0 aromatic heterocycles. The highest BCUT2D eigenvalue weighted by Gasteiger charge is 2.55. The average molecular weight is 228 g/mol. The van der Waals surface area contributed by atoms with E-state index in [2.05, 4.69) is 33.9 Å². The molecule has 0 radical (unpaired) electrons. The number of hydrogen-bond acceptors (Lipinski definition) is 2. The molecule has 0 aromatic rings. The van der Waals surface area contributed by atoms with E-state index >= 15 is 0 Å². The third kappa shape index (κ3) is 2.02. The van der Waals surface area contributed by atoms with Crippen LogP contribution in [-0.4, -0.2) is 25.6 Å². The Morgan fingerprint density at radius 3 is 2.20 bits per heavy atom. The zero-order valence-corrected chi connectivity index (χ0v) is 11.6. The monoisotopic (exact) mass is 228 g/mol. The van der Waals surface area contributed by atoms with Crippen LogP contribution in [-0.2, 0) is 4.43 Å². The van der Waals surface area contributed by atoms with Crippen LogP contribution in [0.15, 0.2) is 0 Å². The van der Waals surface area contributed by atoms with E-state index in [1.807, 2.05) is 0 Å². The first-order valence-corrected chi connectivity index (χ1v) is 8.99. The second-order valence-corrected chi connectivity index (χ2v) is 11.6. The van der Waals surface area contributed by atoms with Crippen molar-refractivity contribution in [3.8, 4) is 0 Å². The Labute approximate surface area is 94.2 Å². The summed E-state index contributed by atoms with van der Waals surface area (Å²) in [7, 11) is -1.68. The molecule has 4 atom stereocenters. The molecule has 2 aliphatic rings. The van der Waals surface area contributed by atoms with Crippen molar-refractivity contribution in [2.75, 3.05) is 0 Å². The van der Waals surface area contributed by atoms with E-state index in [1.54, 1.807) is 0 Å². The molecular weight excluding hydrogens is 204 g/mol. The van der Waals surface area contributed by atoms with Crippen LogP contribution in [0, 0.1) is 11.8 Å². The van der Waals surface area contributed by atoms with Gasteiger partial charge < -0.3 is 9.53 Å². The van der Waals surface area contributed by atoms with Crippen molar-refractivity contribution in [2.45, 2.75) is 64.0 Å². The van der Waals surface area contributed by atoms with Crippen LogP contribution in [0.5, 0.6) is 0 Å². The number of hydrogen-bond donors (Lipinski definition) is 1. The maximum absolute atomic E-state index is 10.0. The molecule has 0 amide bonds. The number of fused-ring (bicyclic) bond motifs is 1. The Bertz CT molecular complexity index is 257. The first kappa shape index (κ1) is 11.6. The van der Waals surface area contributed by atoms with Crippen molar-refractivity contribution >= 4 is 8.32 Å². The molecule has 88 valence electrons. The Hall–Kier alpha value is 0.137. The molecule has 0 saturated heterocycles. The van der Waals surface area contributed by atoms with Gasteiger partial charge >= 0.3 is 0 Å². The van der Waals surface area contributed by atoms with Crippen molar-refractivity contribution in [3.05, 3.63) is 0 Å². The fourth-order valence-corrected chi connectivity index (χ4v) is 3.69. The van der Waals surface area contributed by atoms with Gasteiger partial charge in [0, 0.05) is 0 Å². The topological polar surface area (TPSA) is 29.5 Å². The first-order valence-electron chi connectivity index (χ1n) is 6.08. The maximum atomic E-state index is 10.0. The van der Waals surface area contributed by atoms with Crippen molar-refractivity contribution in [1.82, 2.24) is 0 Å². The van der Waals surface area contributed by atoms with Crippen LogP contribution >= 0.6 is 0 Å². The van der Waals surface area contributed by atoms with Crippen LogP contribution in [0.2, 0.25) is 18.1 Å². The molecule has 15 heavy (non-hydrogen) atoms. The molecule has 2 aliphatic carbocycles. The Morgan fingerprint density at radius 1 is 1.20 bits per heavy atom. The highest BCUT2D eigenvalue weighted by Crippen LogP contribution is 2.54. The standard InChI is InChI=1S/C12H24O2Si/c1-12(2,3)15(4,5)14-10-7-8-6-9(8)11(10)13/h8-11,13H,6-7H2,1-5H3/t8-,9?,10-,11+/m1/s1. The predicted molar refractivity (Wildman–Crippen MR) is 64.3 cm³/mol. The Kier molecular flexibility index (Phi) is 2.57. The summed E-state index contributed by atoms with van der Waals surface area (Å²) in [6, 6.07) is 0. The van der Waals surface area contributed by atoms with Crippen LogP contribution < -0.4 is 0 Å². The van der Waals surface area contributed by atoms with Gasteiger partial charge in [0.2, 0.25) is 0 Å². The minimum atomic E-state index is -1.68. The molecule has 1 unspecified atom stereocenters. The van der Waals surface area contributed by atoms with Crippen LogP contribution in [0.1, 0.15) is 33.6 Å². The summed E-state index contributed by atoms with van der Waals surface area (Å²) in [5, 5.41) is 10.3. The van der Waals surface area contributed by atoms with Gasteiger partial charge in [0.25, 0.3) is 0 Å². The summed E-state index contributed by atoms with van der Waals surface area (Å²) >= 11 is 0. The Balaban J connectivity index is 1.97. The summed E-state index contributed by atoms with van der Waals surface area (Å²) in [6.07, 6.45) is 2.29. The van der Waals surface area contributed by atoms with E-state index in [9.17, 15) is 5.11 Å². The quantitative estimate of drug-likeness (QED) is 0.736. The molecule has 0 aliphatic heterocycles. The summed E-state index contributed by atoms with van der Waals surface area (Å²) in [6.45, 7) is 11.3. The summed E-state index contributed by atoms with van der Waals surface area (Å²) in [4.78, 5) is 0. The van der Waals surface area contributed by atoms with Crippen molar-refractivity contribution < 1.29 is 9.53 Å². The van der Waals surface area contributed by atoms with E-state index in [0.29, 0.717) is 5.92 Å². The average Bonchev–Trinajstić information content (AvgIpc) is 2.73. The molecular formula is C12H24O2Si. The summed E-state index contributed by atoms with van der Waals surface area (Å²) in [5.74, 6) is 1.34. The summed E-state index contributed by atoms with van der Waals surface area (Å²) in [5.41, 5.74) is 0. The fraction of sp³-hybridized carbons (Fsp3) is 1.00. The van der Waals surface area contributed by atoms with Gasteiger partial charge in [-0.15, -0.1) is 0 Å². The molecule has 3 heteroatoms. The first-order chi connectivity index (χ1) is 6.72. The molecule has 0 bridgehead atoms. The molecule has 1 N–H and O–H groups in total. The molecule has 2 saturated carbocycles. The number of aliphatic hydroxyl groups is 1. The van der Waals surface area contributed by atoms with Gasteiger partial charge in [0.15, 0.2) is 8.32 Å². The van der Waals surface area contributed by atoms with Gasteiger partial charge in [-0.2, -0.15) is 0 Å². The van der Waals surface area contributed by atoms with E-state index in [1.165, 1.54) is 6.42 Å². The summed E-state index contributed by atoms with van der Waals surface area (Å²) < 4.78 is 6.27. The molecule has 2 fully saturated rings. The van der Waals surface area contributed by atoms with Crippen molar-refractivity contribution in [2.24, 2.45) is 11.8 Å². The van der Waals surface area contributed by atoms with Gasteiger partial charge in [-0.3, -0.25) is 0 Å². The maximum Gasteiger partial charge on any atom is 0.192 e. The van der Waals surface area contributed by atoms with E-state index in [0.717, 1.165) is 12.3 Å². The highest BCUT2D eigenvalue weighted by atomic mass is 28.4. The third-order valence-electron chi connectivity index (χ3n) is 4.58.